The molecule has 2 saturated heterocycles. The molecule has 2 aromatic carbocycles. The molecule has 2 amide bonds. The van der Waals surface area contributed by atoms with Crippen molar-refractivity contribution in [3.63, 3.8) is 0 Å². The highest BCUT2D eigenvalue weighted by Crippen LogP contribution is 2.58. The second kappa shape index (κ2) is 22.1. The normalized spacial score (nSPS) is 23.0. The van der Waals surface area contributed by atoms with Crippen LogP contribution in [0, 0.1) is 11.8 Å². The number of likely N-dealkylation sites (tertiary alicyclic amines) is 1. The predicted molar refractivity (Wildman–Crippen MR) is 265 cm³/mol. The summed E-state index contributed by atoms with van der Waals surface area (Å²) in [6, 6.07) is 16.4. The number of benzene rings is 2. The van der Waals surface area contributed by atoms with Crippen molar-refractivity contribution in [3.8, 4) is 11.1 Å². The van der Waals surface area contributed by atoms with Gasteiger partial charge in [-0.2, -0.15) is 0 Å². The van der Waals surface area contributed by atoms with Crippen molar-refractivity contribution in [2.75, 3.05) is 40.7 Å². The van der Waals surface area contributed by atoms with Crippen LogP contribution in [0.25, 0.3) is 11.1 Å². The predicted octanol–water partition coefficient (Wildman–Crippen LogP) is 10.2. The highest BCUT2D eigenvalue weighted by Gasteiger charge is 2.79. The number of nitrogens with one attached hydrogen (secondary N) is 1. The van der Waals surface area contributed by atoms with Gasteiger partial charge >= 0.3 is 26.6 Å². The number of amides is 2. The molecule has 0 bridgehead atoms. The molecule has 5 rings (SSSR count). The van der Waals surface area contributed by atoms with E-state index in [0.29, 0.717) is 0 Å². The van der Waals surface area contributed by atoms with Crippen LogP contribution in [0.5, 0.6) is 0 Å². The Morgan fingerprint density at radius 1 is 0.881 bits per heavy atom. The van der Waals surface area contributed by atoms with Gasteiger partial charge in [0.1, 0.15) is 18.3 Å². The lowest BCUT2D eigenvalue weighted by molar-refractivity contribution is -0.221. The van der Waals surface area contributed by atoms with Crippen LogP contribution in [0.1, 0.15) is 113 Å². The Bertz CT molecular complexity index is 2050. The summed E-state index contributed by atoms with van der Waals surface area (Å²) in [4.78, 5) is 56.4. The van der Waals surface area contributed by atoms with E-state index in [1.165, 1.54) is 11.8 Å². The van der Waals surface area contributed by atoms with Gasteiger partial charge in [0.25, 0.3) is 0 Å². The molecule has 2 aliphatic heterocycles. The summed E-state index contributed by atoms with van der Waals surface area (Å²) in [6.07, 6.45) is 5.16. The van der Waals surface area contributed by atoms with Gasteiger partial charge in [0, 0.05) is 33.5 Å². The van der Waals surface area contributed by atoms with E-state index in [-0.39, 0.29) is 72.5 Å². The fourth-order valence-corrected chi connectivity index (χ4v) is 21.0. The topological polar surface area (TPSA) is 148 Å². The molecule has 0 saturated carbocycles. The Balaban J connectivity index is 1.35. The maximum absolute atomic E-state index is 15.1. The molecule has 2 heterocycles. The van der Waals surface area contributed by atoms with Crippen molar-refractivity contribution in [1.29, 1.82) is 0 Å². The number of methoxy groups -OCH3 is 1. The summed E-state index contributed by atoms with van der Waals surface area (Å²) in [5.74, 6) is -2.74. The highest BCUT2D eigenvalue weighted by atomic mass is 28.4. The monoisotopic (exact) mass is 963 g/mol. The molecule has 0 unspecified atom stereocenters. The minimum absolute atomic E-state index is 0.0450. The minimum atomic E-state index is -3.20. The molecule has 15 heteroatoms. The summed E-state index contributed by atoms with van der Waals surface area (Å²) >= 11 is 0. The average molecular weight is 963 g/mol. The third-order valence-electron chi connectivity index (χ3n) is 15.0. The Labute approximate surface area is 402 Å². The summed E-state index contributed by atoms with van der Waals surface area (Å²) in [7, 11) is -2.47. The number of ether oxygens (including phenoxy) is 4. The minimum Gasteiger partial charge on any atom is -0.458 e. The number of esters is 2. The van der Waals surface area contributed by atoms with Gasteiger partial charge in [0.2, 0.25) is 14.2 Å². The number of nitrogens with zero attached hydrogens (tertiary/aromatic N) is 1. The number of carbonyl (C=O) groups is 4. The second-order valence-corrected chi connectivity index (χ2v) is 29.9. The van der Waals surface area contributed by atoms with E-state index in [9.17, 15) is 14.4 Å². The summed E-state index contributed by atoms with van der Waals surface area (Å²) in [5.41, 5.74) is 1.95. The molecule has 1 aliphatic carbocycles. The number of carbonyl (C=O) groups excluding carboxylic acids is 4. The van der Waals surface area contributed by atoms with Crippen LogP contribution >= 0.6 is 0 Å². The number of rotatable bonds is 21. The van der Waals surface area contributed by atoms with Crippen LogP contribution in [0.3, 0.4) is 0 Å². The second-order valence-electron chi connectivity index (χ2n) is 20.2. The van der Waals surface area contributed by atoms with Crippen LogP contribution < -0.4 is 5.32 Å². The Morgan fingerprint density at radius 3 is 1.97 bits per heavy atom. The molecule has 13 nitrogen and oxygen atoms in total. The average Bonchev–Trinajstić information content (AvgIpc) is 3.68. The summed E-state index contributed by atoms with van der Waals surface area (Å²) < 4.78 is 45.3. The van der Waals surface area contributed by atoms with Gasteiger partial charge in [-0.05, 0) is 68.4 Å². The van der Waals surface area contributed by atoms with Gasteiger partial charge in [0.15, 0.2) is 12.3 Å². The lowest BCUT2D eigenvalue weighted by atomic mass is 9.69. The van der Waals surface area contributed by atoms with Gasteiger partial charge in [-0.25, -0.2) is 9.59 Å². The number of hydrogen-bond acceptors (Lipinski definition) is 11. The van der Waals surface area contributed by atoms with E-state index in [4.69, 9.17) is 32.2 Å². The van der Waals surface area contributed by atoms with Crippen LogP contribution in [-0.2, 0) is 46.6 Å². The molecule has 370 valence electrons. The van der Waals surface area contributed by atoms with Crippen LogP contribution in [0.2, 0.25) is 27.7 Å². The van der Waals surface area contributed by atoms with Crippen molar-refractivity contribution in [2.45, 2.75) is 153 Å². The lowest BCUT2D eigenvalue weighted by Crippen LogP contribution is -2.79. The summed E-state index contributed by atoms with van der Waals surface area (Å²) in [5, 5.41) is 2.79. The van der Waals surface area contributed by atoms with Crippen molar-refractivity contribution in [3.05, 3.63) is 84.0 Å². The SMILES string of the molecule is CO[C@@H](C[C@@H](C)[C@H](/C=C/C=C/CNC(=O)OCC1c2ccccc2-c2ccccc21)OC(C)=O)[C@@]12O[Si](C(C)C)(C(C)C)OC[C@]1(C(=O)OCO[Si](C(C)C)(C(C)C)C(C)C)N(C)C(=O)[C@@H]2C. The van der Waals surface area contributed by atoms with Crippen molar-refractivity contribution < 1.29 is 51.4 Å². The van der Waals surface area contributed by atoms with Crippen molar-refractivity contribution >= 4 is 40.8 Å². The first-order valence-electron chi connectivity index (χ1n) is 24.2. The first kappa shape index (κ1) is 53.8. The van der Waals surface area contributed by atoms with Crippen LogP contribution in [0.4, 0.5) is 4.79 Å². The molecule has 2 fully saturated rings. The fraction of sp³-hybridized carbons (Fsp3) is 0.615. The third-order valence-corrected chi connectivity index (χ3v) is 25.5. The molecule has 2 aromatic rings. The van der Waals surface area contributed by atoms with E-state index in [2.05, 4.69) is 98.8 Å². The zero-order chi connectivity index (χ0) is 49.6. The molecule has 6 atom stereocenters. The Morgan fingerprint density at radius 2 is 1.45 bits per heavy atom. The highest BCUT2D eigenvalue weighted by molar-refractivity contribution is 6.77. The molecule has 0 spiro atoms. The molecular weight excluding hydrogens is 885 g/mol. The smallest absolute Gasteiger partial charge is 0.407 e. The van der Waals surface area contributed by atoms with E-state index in [1.807, 2.05) is 31.2 Å². The van der Waals surface area contributed by atoms with E-state index < -0.39 is 70.1 Å². The van der Waals surface area contributed by atoms with Gasteiger partial charge in [0.05, 0.1) is 18.6 Å². The summed E-state index contributed by atoms with van der Waals surface area (Å²) in [6.45, 7) is 26.3. The van der Waals surface area contributed by atoms with Crippen molar-refractivity contribution in [1.82, 2.24) is 10.2 Å². The van der Waals surface area contributed by atoms with Gasteiger partial charge in [-0.3, -0.25) is 9.59 Å². The molecule has 0 aromatic heterocycles. The molecular formula is C52H78N2O11Si2. The quantitative estimate of drug-likeness (QED) is 0.0419. The molecule has 1 N–H and O–H groups in total. The number of hydrogen-bond donors (Lipinski definition) is 1. The Hall–Kier alpha value is -4.13. The number of alkyl carbamates (subject to hydrolysis) is 1. The molecule has 67 heavy (non-hydrogen) atoms. The van der Waals surface area contributed by atoms with Crippen molar-refractivity contribution in [2.24, 2.45) is 11.8 Å². The largest absolute Gasteiger partial charge is 0.458 e. The third kappa shape index (κ3) is 10.0. The lowest BCUT2D eigenvalue weighted by Gasteiger charge is -2.59. The fourth-order valence-electron chi connectivity index (χ4n) is 11.7. The van der Waals surface area contributed by atoms with Gasteiger partial charge in [-0.15, -0.1) is 0 Å². The van der Waals surface area contributed by atoms with E-state index in [0.717, 1.165) is 22.3 Å². The van der Waals surface area contributed by atoms with E-state index >= 15 is 4.79 Å². The first-order valence-corrected chi connectivity index (χ1v) is 28.3. The maximum Gasteiger partial charge on any atom is 0.407 e. The standard InChI is InChI=1S/C52H78N2O11Si2/c1-33(2)66(34(3)4,35(5)6)63-32-61-49(57)51-31-62-67(36(7)8,37(9)10)65-52(51,39(12)48(56)54(51)14)47(59-15)29-38(11)46(64-40(13)55)27-17-16-22-28-53-50(58)60-30-45-43-25-20-18-23-41(43)42-24-19-21-26-44(42)45/h16-27,33-39,45-47H,28-32H2,1-15H3,(H,53,58)/b22-16+,27-17+/t38-,39+,46+,47+,51-,52-/m1/s1. The van der Waals surface area contributed by atoms with Crippen LogP contribution in [0.15, 0.2) is 72.8 Å². The molecule has 0 radical (unpaired) electrons. The zero-order valence-electron chi connectivity index (χ0n) is 42.7. The van der Waals surface area contributed by atoms with E-state index in [1.54, 1.807) is 45.4 Å². The molecule has 3 aliphatic rings. The Kier molecular flexibility index (Phi) is 17.7. The van der Waals surface area contributed by atoms with Crippen LogP contribution in [-0.4, -0.2) is 110 Å². The van der Waals surface area contributed by atoms with Gasteiger partial charge < -0.3 is 42.4 Å². The number of fused-ring (bicyclic) bond motifs is 4. The first-order chi connectivity index (χ1) is 31.6. The number of likely N-dealkylation sites (N-methyl/N-ethyl adjacent to an activating group) is 1. The number of allylic oxidation sites excluding steroid dienone is 2. The zero-order valence-corrected chi connectivity index (χ0v) is 44.7. The maximum atomic E-state index is 15.1. The van der Waals surface area contributed by atoms with Gasteiger partial charge in [-0.1, -0.05) is 150 Å².